The zero-order valence-electron chi connectivity index (χ0n) is 9.65. The minimum atomic E-state index is 0.550. The molecule has 1 aliphatic carbocycles. The Morgan fingerprint density at radius 2 is 2.25 bits per heavy atom. The van der Waals surface area contributed by atoms with Crippen LogP contribution in [0.15, 0.2) is 0 Å². The van der Waals surface area contributed by atoms with Gasteiger partial charge in [0.2, 0.25) is 0 Å². The molecule has 3 rings (SSSR count). The minimum absolute atomic E-state index is 0.550. The quantitative estimate of drug-likeness (QED) is 0.706. The highest BCUT2D eigenvalue weighted by atomic mass is 16.1. The number of aromatic nitrogens is 2. The molecule has 0 aromatic carbocycles. The smallest absolute Gasteiger partial charge is 0.170 e. The van der Waals surface area contributed by atoms with Gasteiger partial charge in [0.05, 0.1) is 11.7 Å². The van der Waals surface area contributed by atoms with Crippen LogP contribution in [0.5, 0.6) is 0 Å². The van der Waals surface area contributed by atoms with E-state index in [1.54, 1.807) is 0 Å². The van der Waals surface area contributed by atoms with E-state index in [2.05, 4.69) is 21.7 Å². The molecule has 1 fully saturated rings. The van der Waals surface area contributed by atoms with Gasteiger partial charge in [-0.3, -0.25) is 9.48 Å². The van der Waals surface area contributed by atoms with Crippen LogP contribution in [0, 0.1) is 0 Å². The molecule has 0 radical (unpaired) electrons. The van der Waals surface area contributed by atoms with E-state index in [1.807, 2.05) is 0 Å². The Kier molecular flexibility index (Phi) is 2.32. The topological polar surface area (TPSA) is 38.1 Å². The summed E-state index contributed by atoms with van der Waals surface area (Å²) < 4.78 is 2.12. The van der Waals surface area contributed by atoms with Crippen LogP contribution < -0.4 is 0 Å². The summed E-state index contributed by atoms with van der Waals surface area (Å²) in [6.45, 7) is 1.97. The van der Waals surface area contributed by atoms with Crippen LogP contribution in [0.4, 0.5) is 0 Å². The monoisotopic (exact) mass is 219 g/mol. The molecule has 2 aliphatic rings. The van der Waals surface area contributed by atoms with Crippen molar-refractivity contribution in [2.24, 2.45) is 0 Å². The molecular formula is C12H17N3O. The van der Waals surface area contributed by atoms with Gasteiger partial charge >= 0.3 is 0 Å². The van der Waals surface area contributed by atoms with Crippen LogP contribution in [0.1, 0.15) is 47.1 Å². The molecule has 0 atom stereocenters. The Hall–Kier alpha value is -1.16. The van der Waals surface area contributed by atoms with E-state index in [1.165, 1.54) is 30.5 Å². The molecule has 0 bridgehead atoms. The van der Waals surface area contributed by atoms with Gasteiger partial charge in [-0.05, 0) is 32.7 Å². The van der Waals surface area contributed by atoms with Crippen LogP contribution in [0.3, 0.4) is 0 Å². The molecule has 0 amide bonds. The lowest BCUT2D eigenvalue weighted by Gasteiger charge is -2.30. The highest BCUT2D eigenvalue weighted by Crippen LogP contribution is 2.34. The number of carbonyl (C=O) groups excluding carboxylic acids is 1. The largest absolute Gasteiger partial charge is 0.300 e. The molecule has 16 heavy (non-hydrogen) atoms. The van der Waals surface area contributed by atoms with E-state index in [4.69, 9.17) is 0 Å². The molecule has 0 unspecified atom stereocenters. The summed E-state index contributed by atoms with van der Waals surface area (Å²) in [5, 5.41) is 4.49. The Labute approximate surface area is 95.2 Å². The molecule has 86 valence electrons. The minimum Gasteiger partial charge on any atom is -0.300 e. The first-order chi connectivity index (χ1) is 7.79. The summed E-state index contributed by atoms with van der Waals surface area (Å²) in [4.78, 5) is 13.3. The van der Waals surface area contributed by atoms with E-state index in [9.17, 15) is 4.79 Å². The number of carbonyl (C=O) groups is 1. The third-order valence-electron chi connectivity index (χ3n) is 3.84. The highest BCUT2D eigenvalue weighted by molar-refractivity contribution is 5.75. The first kappa shape index (κ1) is 10.0. The van der Waals surface area contributed by atoms with Crippen molar-refractivity contribution in [3.8, 4) is 0 Å². The van der Waals surface area contributed by atoms with Gasteiger partial charge in [0.15, 0.2) is 6.29 Å². The SMILES string of the molecule is CN1CCc2c(C=O)nn(C3CCC3)c2C1. The number of nitrogens with zero attached hydrogens (tertiary/aromatic N) is 3. The molecule has 0 spiro atoms. The van der Waals surface area contributed by atoms with Crippen LogP contribution in [0.2, 0.25) is 0 Å². The van der Waals surface area contributed by atoms with Crippen molar-refractivity contribution in [2.45, 2.75) is 38.3 Å². The molecular weight excluding hydrogens is 202 g/mol. The predicted octanol–water partition coefficient (Wildman–Crippen LogP) is 1.41. The van der Waals surface area contributed by atoms with Crippen molar-refractivity contribution in [1.82, 2.24) is 14.7 Å². The summed E-state index contributed by atoms with van der Waals surface area (Å²) in [7, 11) is 2.13. The molecule has 4 heteroatoms. The van der Waals surface area contributed by atoms with E-state index in [-0.39, 0.29) is 0 Å². The van der Waals surface area contributed by atoms with Crippen LogP contribution in [-0.4, -0.2) is 34.6 Å². The fourth-order valence-electron chi connectivity index (χ4n) is 2.63. The van der Waals surface area contributed by atoms with Crippen LogP contribution in [0.25, 0.3) is 0 Å². The standard InChI is InChI=1S/C12H17N3O/c1-14-6-5-10-11(8-16)13-15(12(10)7-14)9-3-2-4-9/h8-9H,2-7H2,1H3. The third-order valence-corrected chi connectivity index (χ3v) is 3.84. The van der Waals surface area contributed by atoms with Crippen molar-refractivity contribution in [3.05, 3.63) is 17.0 Å². The summed E-state index contributed by atoms with van der Waals surface area (Å²) in [5.41, 5.74) is 3.15. The fraction of sp³-hybridized carbons (Fsp3) is 0.667. The summed E-state index contributed by atoms with van der Waals surface area (Å²) in [6.07, 6.45) is 5.61. The van der Waals surface area contributed by atoms with Gasteiger partial charge in [-0.25, -0.2) is 0 Å². The number of rotatable bonds is 2. The molecule has 2 heterocycles. The third kappa shape index (κ3) is 1.40. The molecule has 1 aromatic rings. The molecule has 0 saturated heterocycles. The molecule has 1 saturated carbocycles. The number of fused-ring (bicyclic) bond motifs is 1. The number of hydrogen-bond donors (Lipinski definition) is 0. The van der Waals surface area contributed by atoms with Crippen molar-refractivity contribution in [3.63, 3.8) is 0 Å². The Balaban J connectivity index is 2.03. The van der Waals surface area contributed by atoms with Crippen molar-refractivity contribution >= 4 is 6.29 Å². The highest BCUT2D eigenvalue weighted by Gasteiger charge is 2.29. The zero-order chi connectivity index (χ0) is 11.1. The second-order valence-corrected chi connectivity index (χ2v) is 4.95. The first-order valence-corrected chi connectivity index (χ1v) is 6.03. The zero-order valence-corrected chi connectivity index (χ0v) is 9.65. The van der Waals surface area contributed by atoms with E-state index in [0.29, 0.717) is 11.7 Å². The fourth-order valence-corrected chi connectivity index (χ4v) is 2.63. The molecule has 0 N–H and O–H groups in total. The van der Waals surface area contributed by atoms with Gasteiger partial charge in [-0.15, -0.1) is 0 Å². The van der Waals surface area contributed by atoms with Gasteiger partial charge in [0, 0.05) is 18.7 Å². The lowest BCUT2D eigenvalue weighted by atomic mass is 9.92. The van der Waals surface area contributed by atoms with Crippen molar-refractivity contribution < 1.29 is 4.79 Å². The van der Waals surface area contributed by atoms with Crippen molar-refractivity contribution in [2.75, 3.05) is 13.6 Å². The predicted molar refractivity (Wildman–Crippen MR) is 60.5 cm³/mol. The molecule has 1 aliphatic heterocycles. The van der Waals surface area contributed by atoms with Crippen LogP contribution >= 0.6 is 0 Å². The first-order valence-electron chi connectivity index (χ1n) is 6.03. The summed E-state index contributed by atoms with van der Waals surface area (Å²) >= 11 is 0. The Bertz CT molecular complexity index is 420. The maximum Gasteiger partial charge on any atom is 0.170 e. The second-order valence-electron chi connectivity index (χ2n) is 4.95. The second kappa shape index (κ2) is 3.70. The van der Waals surface area contributed by atoms with Gasteiger partial charge in [-0.1, -0.05) is 0 Å². The lowest BCUT2D eigenvalue weighted by molar-refractivity contribution is 0.111. The average molecular weight is 219 g/mol. The number of likely N-dealkylation sites (N-methyl/N-ethyl adjacent to an activating group) is 1. The van der Waals surface area contributed by atoms with E-state index in [0.717, 1.165) is 25.8 Å². The van der Waals surface area contributed by atoms with Crippen LogP contribution in [-0.2, 0) is 13.0 Å². The maximum atomic E-state index is 11.0. The summed E-state index contributed by atoms with van der Waals surface area (Å²) in [6, 6.07) is 0.550. The van der Waals surface area contributed by atoms with Gasteiger partial charge < -0.3 is 4.90 Å². The maximum absolute atomic E-state index is 11.0. The van der Waals surface area contributed by atoms with Crippen molar-refractivity contribution in [1.29, 1.82) is 0 Å². The molecule has 4 nitrogen and oxygen atoms in total. The number of aldehydes is 1. The number of hydrogen-bond acceptors (Lipinski definition) is 3. The average Bonchev–Trinajstić information content (AvgIpc) is 2.54. The van der Waals surface area contributed by atoms with Gasteiger partial charge in [0.25, 0.3) is 0 Å². The Morgan fingerprint density at radius 1 is 1.44 bits per heavy atom. The lowest BCUT2D eigenvalue weighted by Crippen LogP contribution is -2.30. The summed E-state index contributed by atoms with van der Waals surface area (Å²) in [5.74, 6) is 0. The van der Waals surface area contributed by atoms with E-state index >= 15 is 0 Å². The van der Waals surface area contributed by atoms with Gasteiger partial charge in [0.1, 0.15) is 5.69 Å². The molecule has 1 aromatic heterocycles. The normalized spacial score (nSPS) is 21.6. The van der Waals surface area contributed by atoms with E-state index < -0.39 is 0 Å². The Morgan fingerprint density at radius 3 is 2.88 bits per heavy atom. The van der Waals surface area contributed by atoms with Gasteiger partial charge in [-0.2, -0.15) is 5.10 Å².